The molecular formula is C16H32IN5. The highest BCUT2D eigenvalue weighted by molar-refractivity contribution is 14.0. The minimum Gasteiger partial charge on any atom is -0.356 e. The lowest BCUT2D eigenvalue weighted by molar-refractivity contribution is 0.297. The number of guanidine groups is 1. The van der Waals surface area contributed by atoms with Crippen LogP contribution < -0.4 is 10.6 Å². The van der Waals surface area contributed by atoms with Crippen molar-refractivity contribution in [2.75, 3.05) is 39.8 Å². The monoisotopic (exact) mass is 421 g/mol. The van der Waals surface area contributed by atoms with Gasteiger partial charge in [0.15, 0.2) is 5.96 Å². The first-order valence-electron chi connectivity index (χ1n) is 8.07. The molecule has 0 saturated heterocycles. The molecule has 22 heavy (non-hydrogen) atoms. The van der Waals surface area contributed by atoms with E-state index in [4.69, 9.17) is 0 Å². The molecule has 0 spiro atoms. The minimum atomic E-state index is 0. The fourth-order valence-electron chi connectivity index (χ4n) is 2.25. The summed E-state index contributed by atoms with van der Waals surface area (Å²) in [5.41, 5.74) is 0. The maximum atomic E-state index is 4.25. The smallest absolute Gasteiger partial charge is 0.191 e. The van der Waals surface area contributed by atoms with Crippen LogP contribution in [0.4, 0.5) is 0 Å². The number of aromatic nitrogens is 1. The summed E-state index contributed by atoms with van der Waals surface area (Å²) >= 11 is 0. The fraction of sp³-hybridized carbons (Fsp3) is 0.688. The van der Waals surface area contributed by atoms with Crippen LogP contribution in [0.5, 0.6) is 0 Å². The average Bonchev–Trinajstić information content (AvgIpc) is 3.02. The first-order chi connectivity index (χ1) is 10.3. The predicted molar refractivity (Wildman–Crippen MR) is 106 cm³/mol. The van der Waals surface area contributed by atoms with Crippen molar-refractivity contribution in [3.05, 3.63) is 24.5 Å². The van der Waals surface area contributed by atoms with Gasteiger partial charge in [0.1, 0.15) is 0 Å². The van der Waals surface area contributed by atoms with E-state index >= 15 is 0 Å². The Balaban J connectivity index is 0.00000441. The van der Waals surface area contributed by atoms with Gasteiger partial charge in [0, 0.05) is 39.1 Å². The van der Waals surface area contributed by atoms with Crippen molar-refractivity contribution in [1.82, 2.24) is 20.1 Å². The Morgan fingerprint density at radius 3 is 2.27 bits per heavy atom. The zero-order valence-corrected chi connectivity index (χ0v) is 16.5. The summed E-state index contributed by atoms with van der Waals surface area (Å²) in [5.74, 6) is 0.894. The summed E-state index contributed by atoms with van der Waals surface area (Å²) in [6.07, 6.45) is 6.56. The van der Waals surface area contributed by atoms with Crippen LogP contribution in [0.3, 0.4) is 0 Å². The highest BCUT2D eigenvalue weighted by Crippen LogP contribution is 1.94. The van der Waals surface area contributed by atoms with Crippen molar-refractivity contribution in [3.63, 3.8) is 0 Å². The Morgan fingerprint density at radius 2 is 1.68 bits per heavy atom. The summed E-state index contributed by atoms with van der Waals surface area (Å²) in [5, 5.41) is 6.71. The topological polar surface area (TPSA) is 44.6 Å². The number of halogens is 1. The minimum absolute atomic E-state index is 0. The summed E-state index contributed by atoms with van der Waals surface area (Å²) in [7, 11) is 1.82. The van der Waals surface area contributed by atoms with Gasteiger partial charge in [0.2, 0.25) is 0 Å². The van der Waals surface area contributed by atoms with Crippen molar-refractivity contribution in [2.45, 2.75) is 33.2 Å². The number of hydrogen-bond donors (Lipinski definition) is 2. The molecule has 0 saturated carbocycles. The molecule has 0 radical (unpaired) electrons. The van der Waals surface area contributed by atoms with E-state index in [1.807, 2.05) is 19.2 Å². The Kier molecular flexibility index (Phi) is 13.4. The van der Waals surface area contributed by atoms with Crippen LogP contribution in [0, 0.1) is 0 Å². The van der Waals surface area contributed by atoms with E-state index in [1.54, 1.807) is 0 Å². The summed E-state index contributed by atoms with van der Waals surface area (Å²) < 4.78 is 2.16. The fourth-order valence-corrected chi connectivity index (χ4v) is 2.25. The van der Waals surface area contributed by atoms with Crippen molar-refractivity contribution in [2.24, 2.45) is 4.99 Å². The van der Waals surface area contributed by atoms with E-state index < -0.39 is 0 Å². The zero-order chi connectivity index (χ0) is 15.3. The lowest BCUT2D eigenvalue weighted by Gasteiger charge is -2.18. The van der Waals surface area contributed by atoms with Crippen molar-refractivity contribution >= 4 is 29.9 Å². The van der Waals surface area contributed by atoms with E-state index in [0.29, 0.717) is 0 Å². The second-order valence-corrected chi connectivity index (χ2v) is 5.08. The largest absolute Gasteiger partial charge is 0.356 e. The summed E-state index contributed by atoms with van der Waals surface area (Å²) in [4.78, 5) is 6.71. The van der Waals surface area contributed by atoms with Crippen LogP contribution in [0.2, 0.25) is 0 Å². The first kappa shape index (κ1) is 21.2. The van der Waals surface area contributed by atoms with Crippen molar-refractivity contribution < 1.29 is 0 Å². The Morgan fingerprint density at radius 1 is 1.05 bits per heavy atom. The second-order valence-electron chi connectivity index (χ2n) is 5.08. The van der Waals surface area contributed by atoms with E-state index in [9.17, 15) is 0 Å². The van der Waals surface area contributed by atoms with Crippen LogP contribution in [0.25, 0.3) is 0 Å². The third kappa shape index (κ3) is 9.30. The third-order valence-electron chi connectivity index (χ3n) is 3.64. The maximum absolute atomic E-state index is 4.25. The summed E-state index contributed by atoms with van der Waals surface area (Å²) in [6.45, 7) is 10.7. The van der Waals surface area contributed by atoms with Crippen LogP contribution in [-0.2, 0) is 6.54 Å². The Labute approximate surface area is 152 Å². The number of hydrogen-bond acceptors (Lipinski definition) is 2. The number of nitrogens with one attached hydrogen (secondary N) is 2. The van der Waals surface area contributed by atoms with Crippen molar-refractivity contribution in [3.8, 4) is 0 Å². The van der Waals surface area contributed by atoms with Gasteiger partial charge < -0.3 is 20.1 Å². The van der Waals surface area contributed by atoms with Gasteiger partial charge in [0.05, 0.1) is 0 Å². The van der Waals surface area contributed by atoms with Gasteiger partial charge in [-0.25, -0.2) is 0 Å². The van der Waals surface area contributed by atoms with Gasteiger partial charge in [-0.2, -0.15) is 0 Å². The molecule has 0 unspecified atom stereocenters. The molecule has 0 aliphatic rings. The highest BCUT2D eigenvalue weighted by atomic mass is 127. The molecule has 0 aliphatic carbocycles. The van der Waals surface area contributed by atoms with E-state index in [0.717, 1.165) is 38.7 Å². The summed E-state index contributed by atoms with van der Waals surface area (Å²) in [6, 6.07) is 4.09. The molecular weight excluding hydrogens is 389 g/mol. The lowest BCUT2D eigenvalue weighted by Crippen LogP contribution is -2.39. The van der Waals surface area contributed by atoms with E-state index in [2.05, 4.69) is 51.3 Å². The van der Waals surface area contributed by atoms with Gasteiger partial charge in [-0.05, 0) is 44.6 Å². The predicted octanol–water partition coefficient (Wildman–Crippen LogP) is 2.39. The molecule has 1 aromatic rings. The quantitative estimate of drug-likeness (QED) is 0.264. The Bertz CT molecular complexity index is 374. The van der Waals surface area contributed by atoms with Crippen LogP contribution in [0.15, 0.2) is 29.5 Å². The Hall–Kier alpha value is -0.760. The number of rotatable bonds is 10. The molecule has 128 valence electrons. The molecule has 2 N–H and O–H groups in total. The van der Waals surface area contributed by atoms with E-state index in [-0.39, 0.29) is 24.0 Å². The van der Waals surface area contributed by atoms with Crippen LogP contribution >= 0.6 is 24.0 Å². The molecule has 1 aromatic heterocycles. The molecule has 6 heteroatoms. The SMILES string of the molecule is CCN(CC)CCCCNC(=NC)NCCn1cccc1.I. The number of nitrogens with zero attached hydrogens (tertiary/aromatic N) is 3. The van der Waals surface area contributed by atoms with Gasteiger partial charge >= 0.3 is 0 Å². The standard InChI is InChI=1S/C16H31N5.HI/c1-4-20(5-2)12-7-6-10-18-16(17-3)19-11-15-21-13-8-9-14-21;/h8-9,13-14H,4-7,10-12,15H2,1-3H3,(H2,17,18,19);1H. The van der Waals surface area contributed by atoms with E-state index in [1.165, 1.54) is 19.4 Å². The van der Waals surface area contributed by atoms with Gasteiger partial charge in [-0.15, -0.1) is 24.0 Å². The molecule has 0 aliphatic heterocycles. The van der Waals surface area contributed by atoms with Crippen molar-refractivity contribution in [1.29, 1.82) is 0 Å². The molecule has 1 heterocycles. The molecule has 5 nitrogen and oxygen atoms in total. The molecule has 0 fully saturated rings. The molecule has 0 amide bonds. The van der Waals surface area contributed by atoms with Crippen LogP contribution in [0.1, 0.15) is 26.7 Å². The van der Waals surface area contributed by atoms with Crippen LogP contribution in [-0.4, -0.2) is 55.2 Å². The number of aliphatic imine (C=N–C) groups is 1. The normalized spacial score (nSPS) is 11.4. The van der Waals surface area contributed by atoms with Gasteiger partial charge in [-0.3, -0.25) is 4.99 Å². The molecule has 0 atom stereocenters. The molecule has 1 rings (SSSR count). The molecule has 0 aromatic carbocycles. The van der Waals surface area contributed by atoms with Gasteiger partial charge in [-0.1, -0.05) is 13.8 Å². The molecule has 0 bridgehead atoms. The first-order valence-corrected chi connectivity index (χ1v) is 8.07. The third-order valence-corrected chi connectivity index (χ3v) is 3.64. The highest BCUT2D eigenvalue weighted by Gasteiger charge is 1.99. The second kappa shape index (κ2) is 13.9. The van der Waals surface area contributed by atoms with Gasteiger partial charge in [0.25, 0.3) is 0 Å². The lowest BCUT2D eigenvalue weighted by atomic mass is 10.3. The average molecular weight is 421 g/mol. The maximum Gasteiger partial charge on any atom is 0.191 e. The number of unbranched alkanes of at least 4 members (excludes halogenated alkanes) is 1. The zero-order valence-electron chi connectivity index (χ0n) is 14.2.